The summed E-state index contributed by atoms with van der Waals surface area (Å²) in [7, 11) is 0. The van der Waals surface area contributed by atoms with Gasteiger partial charge in [-0.25, -0.2) is 4.79 Å². The summed E-state index contributed by atoms with van der Waals surface area (Å²) in [5.74, 6) is -0.170. The van der Waals surface area contributed by atoms with E-state index in [0.29, 0.717) is 16.6 Å². The molecule has 25 heavy (non-hydrogen) atoms. The van der Waals surface area contributed by atoms with Crippen molar-refractivity contribution in [1.29, 1.82) is 0 Å². The van der Waals surface area contributed by atoms with Crippen molar-refractivity contribution >= 4 is 16.9 Å². The van der Waals surface area contributed by atoms with Crippen molar-refractivity contribution in [2.24, 2.45) is 0 Å². The fourth-order valence-corrected chi connectivity index (χ4v) is 2.81. The molecular formula is C20H23N3O2. The van der Waals surface area contributed by atoms with E-state index in [1.807, 2.05) is 6.92 Å². The molecule has 1 atom stereocenters. The van der Waals surface area contributed by atoms with Crippen LogP contribution in [-0.2, 0) is 5.41 Å². The van der Waals surface area contributed by atoms with E-state index in [0.717, 1.165) is 5.56 Å². The van der Waals surface area contributed by atoms with Crippen LogP contribution in [-0.4, -0.2) is 15.9 Å². The highest BCUT2D eigenvalue weighted by molar-refractivity contribution is 5.97. The molecule has 0 fully saturated rings. The van der Waals surface area contributed by atoms with Gasteiger partial charge >= 0.3 is 5.69 Å². The lowest BCUT2D eigenvalue weighted by Crippen LogP contribution is -2.26. The third-order valence-electron chi connectivity index (χ3n) is 4.40. The van der Waals surface area contributed by atoms with Gasteiger partial charge in [-0.15, -0.1) is 0 Å². The molecule has 3 N–H and O–H groups in total. The Morgan fingerprint density at radius 3 is 2.28 bits per heavy atom. The molecule has 0 aliphatic heterocycles. The van der Waals surface area contributed by atoms with Gasteiger partial charge in [0.05, 0.1) is 17.1 Å². The van der Waals surface area contributed by atoms with E-state index in [-0.39, 0.29) is 23.1 Å². The van der Waals surface area contributed by atoms with Crippen molar-refractivity contribution in [3.05, 3.63) is 69.6 Å². The summed E-state index contributed by atoms with van der Waals surface area (Å²) in [6, 6.07) is 13.3. The number of carbonyl (C=O) groups excluding carboxylic acids is 1. The second-order valence-electron chi connectivity index (χ2n) is 7.41. The molecule has 1 aromatic heterocycles. The number of imidazole rings is 1. The molecule has 5 heteroatoms. The van der Waals surface area contributed by atoms with Crippen LogP contribution in [0.1, 0.15) is 55.2 Å². The fraction of sp³-hybridized carbons (Fsp3) is 0.300. The van der Waals surface area contributed by atoms with E-state index in [4.69, 9.17) is 0 Å². The van der Waals surface area contributed by atoms with Crippen LogP contribution >= 0.6 is 0 Å². The summed E-state index contributed by atoms with van der Waals surface area (Å²) in [5, 5.41) is 3.00. The molecule has 1 unspecified atom stereocenters. The minimum Gasteiger partial charge on any atom is -0.346 e. The molecule has 3 aromatic rings. The largest absolute Gasteiger partial charge is 0.346 e. The summed E-state index contributed by atoms with van der Waals surface area (Å²) >= 11 is 0. The third kappa shape index (κ3) is 3.65. The lowest BCUT2D eigenvalue weighted by molar-refractivity contribution is 0.0940. The smallest absolute Gasteiger partial charge is 0.323 e. The van der Waals surface area contributed by atoms with Gasteiger partial charge in [0, 0.05) is 5.56 Å². The summed E-state index contributed by atoms with van der Waals surface area (Å²) < 4.78 is 0. The highest BCUT2D eigenvalue weighted by atomic mass is 16.2. The zero-order chi connectivity index (χ0) is 18.2. The Labute approximate surface area is 146 Å². The second kappa shape index (κ2) is 6.24. The number of hydrogen-bond donors (Lipinski definition) is 3. The van der Waals surface area contributed by atoms with Crippen LogP contribution < -0.4 is 11.0 Å². The summed E-state index contributed by atoms with van der Waals surface area (Å²) in [4.78, 5) is 29.1. The molecule has 0 bridgehead atoms. The van der Waals surface area contributed by atoms with Gasteiger partial charge in [0.2, 0.25) is 0 Å². The maximum Gasteiger partial charge on any atom is 0.323 e. The van der Waals surface area contributed by atoms with Crippen LogP contribution in [0.15, 0.2) is 47.3 Å². The Hall–Kier alpha value is -2.82. The van der Waals surface area contributed by atoms with E-state index in [2.05, 4.69) is 60.3 Å². The van der Waals surface area contributed by atoms with Crippen LogP contribution in [0.3, 0.4) is 0 Å². The second-order valence-corrected chi connectivity index (χ2v) is 7.41. The van der Waals surface area contributed by atoms with Gasteiger partial charge < -0.3 is 15.3 Å². The van der Waals surface area contributed by atoms with E-state index >= 15 is 0 Å². The van der Waals surface area contributed by atoms with E-state index < -0.39 is 0 Å². The minimum absolute atomic E-state index is 0.105. The van der Waals surface area contributed by atoms with Crippen LogP contribution in [0.5, 0.6) is 0 Å². The third-order valence-corrected chi connectivity index (χ3v) is 4.40. The van der Waals surface area contributed by atoms with Gasteiger partial charge in [-0.3, -0.25) is 4.79 Å². The van der Waals surface area contributed by atoms with Crippen LogP contribution in [0, 0.1) is 0 Å². The number of aromatic amines is 2. The first-order valence-electron chi connectivity index (χ1n) is 8.37. The van der Waals surface area contributed by atoms with E-state index in [9.17, 15) is 9.59 Å². The van der Waals surface area contributed by atoms with Crippen molar-refractivity contribution in [2.45, 2.75) is 39.2 Å². The van der Waals surface area contributed by atoms with Gasteiger partial charge in [0.1, 0.15) is 0 Å². The fourth-order valence-electron chi connectivity index (χ4n) is 2.81. The molecule has 0 spiro atoms. The maximum atomic E-state index is 12.5. The summed E-state index contributed by atoms with van der Waals surface area (Å²) in [6.07, 6.45) is 0. The predicted octanol–water partition coefficient (Wildman–Crippen LogP) is 3.64. The molecule has 0 aliphatic rings. The number of rotatable bonds is 3. The van der Waals surface area contributed by atoms with Crippen molar-refractivity contribution in [3.8, 4) is 0 Å². The van der Waals surface area contributed by atoms with Gasteiger partial charge in [0.25, 0.3) is 5.91 Å². The minimum atomic E-state index is -0.278. The number of benzene rings is 2. The molecule has 0 radical (unpaired) electrons. The standard InChI is InChI=1S/C20H23N3O2/c1-12(13-5-8-15(9-6-13)20(2,3)4)21-18(24)14-7-10-16-17(11-14)23-19(25)22-16/h5-12H,1-4H3,(H,21,24)(H2,22,23,25). The Balaban J connectivity index is 1.75. The van der Waals surface area contributed by atoms with Gasteiger partial charge in [-0.05, 0) is 41.7 Å². The Morgan fingerprint density at radius 2 is 1.64 bits per heavy atom. The normalized spacial score (nSPS) is 13.0. The lowest BCUT2D eigenvalue weighted by Gasteiger charge is -2.20. The lowest BCUT2D eigenvalue weighted by atomic mass is 9.86. The molecule has 5 nitrogen and oxygen atoms in total. The van der Waals surface area contributed by atoms with E-state index in [1.54, 1.807) is 18.2 Å². The molecule has 2 aromatic carbocycles. The predicted molar refractivity (Wildman–Crippen MR) is 99.9 cm³/mol. The summed E-state index contributed by atoms with van der Waals surface area (Å²) in [5.41, 5.74) is 3.97. The average Bonchev–Trinajstić information content (AvgIpc) is 2.93. The number of aromatic nitrogens is 2. The molecule has 0 aliphatic carbocycles. The number of carbonyl (C=O) groups is 1. The van der Waals surface area contributed by atoms with Crippen molar-refractivity contribution < 1.29 is 4.79 Å². The zero-order valence-corrected chi connectivity index (χ0v) is 14.9. The molecule has 3 rings (SSSR count). The topological polar surface area (TPSA) is 77.8 Å². The molecule has 1 heterocycles. The Kier molecular flexibility index (Phi) is 4.25. The molecule has 0 saturated heterocycles. The molecular weight excluding hydrogens is 314 g/mol. The first-order valence-corrected chi connectivity index (χ1v) is 8.37. The van der Waals surface area contributed by atoms with Crippen LogP contribution in [0.2, 0.25) is 0 Å². The Morgan fingerprint density at radius 1 is 1.00 bits per heavy atom. The number of hydrogen-bond acceptors (Lipinski definition) is 2. The Bertz CT molecular complexity index is 959. The molecule has 0 saturated carbocycles. The molecule has 1 amide bonds. The van der Waals surface area contributed by atoms with Crippen molar-refractivity contribution in [1.82, 2.24) is 15.3 Å². The monoisotopic (exact) mass is 337 g/mol. The highest BCUT2D eigenvalue weighted by Crippen LogP contribution is 2.24. The maximum absolute atomic E-state index is 12.5. The van der Waals surface area contributed by atoms with Crippen LogP contribution in [0.25, 0.3) is 11.0 Å². The van der Waals surface area contributed by atoms with Gasteiger partial charge in [-0.2, -0.15) is 0 Å². The van der Waals surface area contributed by atoms with Crippen LogP contribution in [0.4, 0.5) is 0 Å². The van der Waals surface area contributed by atoms with Gasteiger partial charge in [0.15, 0.2) is 0 Å². The SMILES string of the molecule is CC(NC(=O)c1ccc2[nH]c(=O)[nH]c2c1)c1ccc(C(C)(C)C)cc1. The quantitative estimate of drug-likeness (QED) is 0.682. The zero-order valence-electron chi connectivity index (χ0n) is 14.9. The number of H-pyrrole nitrogens is 2. The summed E-state index contributed by atoms with van der Waals surface area (Å²) in [6.45, 7) is 8.48. The number of nitrogens with one attached hydrogen (secondary N) is 3. The van der Waals surface area contributed by atoms with Gasteiger partial charge in [-0.1, -0.05) is 45.0 Å². The van der Waals surface area contributed by atoms with Crippen molar-refractivity contribution in [3.63, 3.8) is 0 Å². The highest BCUT2D eigenvalue weighted by Gasteiger charge is 2.16. The number of amides is 1. The first-order chi connectivity index (χ1) is 11.7. The average molecular weight is 337 g/mol. The number of fused-ring (bicyclic) bond motifs is 1. The van der Waals surface area contributed by atoms with Crippen molar-refractivity contribution in [2.75, 3.05) is 0 Å². The first kappa shape index (κ1) is 17.0. The van der Waals surface area contributed by atoms with E-state index in [1.165, 1.54) is 5.56 Å². The molecule has 130 valence electrons.